The molecule has 26 heavy (non-hydrogen) atoms. The Hall–Kier alpha value is -2.30. The molecule has 0 saturated carbocycles. The molecule has 1 fully saturated rings. The van der Waals surface area contributed by atoms with E-state index in [-0.39, 0.29) is 5.54 Å². The molecule has 4 heterocycles. The maximum absolute atomic E-state index is 9.34. The van der Waals surface area contributed by atoms with Crippen LogP contribution < -0.4 is 0 Å². The highest BCUT2D eigenvalue weighted by Crippen LogP contribution is 2.38. The van der Waals surface area contributed by atoms with Gasteiger partial charge in [0.05, 0.1) is 18.7 Å². The lowest BCUT2D eigenvalue weighted by atomic mass is 9.89. The Balaban J connectivity index is 1.58. The number of hydrogen-bond donors (Lipinski definition) is 1. The van der Waals surface area contributed by atoms with E-state index in [0.29, 0.717) is 12.3 Å². The molecule has 0 amide bonds. The normalized spacial score (nSPS) is 16.7. The molecule has 0 atom stereocenters. The van der Waals surface area contributed by atoms with Crippen LogP contribution in [0.25, 0.3) is 22.2 Å². The topological polar surface area (TPSA) is 73.5 Å². The third kappa shape index (κ3) is 3.00. The van der Waals surface area contributed by atoms with Crippen LogP contribution in [-0.4, -0.2) is 42.9 Å². The number of H-pyrrole nitrogens is 1. The number of rotatable bonds is 6. The first kappa shape index (κ1) is 17.1. The van der Waals surface area contributed by atoms with Crippen molar-refractivity contribution in [3.05, 3.63) is 36.9 Å². The molecule has 0 unspecified atom stereocenters. The van der Waals surface area contributed by atoms with E-state index in [1.807, 2.05) is 47.4 Å². The number of fused-ring (bicyclic) bond motifs is 1. The molecule has 1 saturated heterocycles. The molecule has 7 heteroatoms. The molecule has 3 aromatic rings. The minimum Gasteiger partial charge on any atom is -0.346 e. The van der Waals surface area contributed by atoms with Crippen molar-refractivity contribution in [1.82, 2.24) is 24.1 Å². The summed E-state index contributed by atoms with van der Waals surface area (Å²) in [6, 6.07) is 6.41. The highest BCUT2D eigenvalue weighted by Gasteiger charge is 2.45. The molecule has 134 valence electrons. The highest BCUT2D eigenvalue weighted by molar-refractivity contribution is 7.97. The molecule has 0 bridgehead atoms. The van der Waals surface area contributed by atoms with Gasteiger partial charge in [-0.2, -0.15) is 10.4 Å². The summed E-state index contributed by atoms with van der Waals surface area (Å²) in [6.45, 7) is 6.17. The predicted octanol–water partition coefficient (Wildman–Crippen LogP) is 3.66. The minimum atomic E-state index is -0.221. The zero-order chi connectivity index (χ0) is 18.1. The Morgan fingerprint density at radius 3 is 3.00 bits per heavy atom. The summed E-state index contributed by atoms with van der Waals surface area (Å²) in [5.41, 5.74) is 2.82. The Morgan fingerprint density at radius 2 is 2.23 bits per heavy atom. The van der Waals surface area contributed by atoms with Crippen molar-refractivity contribution < 1.29 is 0 Å². The fraction of sp³-hybridized carbons (Fsp3) is 0.421. The molecular formula is C19H22N6S. The smallest absolute Gasteiger partial charge is 0.137 e. The standard InChI is InChI=1S/C19H22N6S/c1-14(2)11-26-24-12-19(13-24,5-6-20)25-10-15(9-23-25)16-3-7-21-18-17(16)4-8-22-18/h3-4,7-10,14H,5,11-13H2,1-2H3,(H,21,22). The van der Waals surface area contributed by atoms with Gasteiger partial charge < -0.3 is 4.98 Å². The van der Waals surface area contributed by atoms with E-state index in [4.69, 9.17) is 0 Å². The van der Waals surface area contributed by atoms with Crippen molar-refractivity contribution in [2.24, 2.45) is 5.92 Å². The SMILES string of the molecule is CC(C)CSN1CC(CC#N)(n2cc(-c3ccnc4[nH]ccc34)cn2)C1. The Bertz CT molecular complexity index is 944. The number of aromatic amines is 1. The van der Waals surface area contributed by atoms with Crippen LogP contribution in [0, 0.1) is 17.2 Å². The first-order valence-electron chi connectivity index (χ1n) is 8.84. The van der Waals surface area contributed by atoms with Crippen LogP contribution in [-0.2, 0) is 5.54 Å². The van der Waals surface area contributed by atoms with Gasteiger partial charge in [-0.05, 0) is 23.6 Å². The van der Waals surface area contributed by atoms with Gasteiger partial charge in [-0.25, -0.2) is 9.29 Å². The van der Waals surface area contributed by atoms with Gasteiger partial charge in [-0.15, -0.1) is 0 Å². The zero-order valence-corrected chi connectivity index (χ0v) is 15.8. The lowest BCUT2D eigenvalue weighted by Gasteiger charge is -2.48. The van der Waals surface area contributed by atoms with Gasteiger partial charge in [0.25, 0.3) is 0 Å². The zero-order valence-electron chi connectivity index (χ0n) is 15.0. The lowest BCUT2D eigenvalue weighted by molar-refractivity contribution is 0.0810. The van der Waals surface area contributed by atoms with Crippen molar-refractivity contribution in [2.45, 2.75) is 25.8 Å². The highest BCUT2D eigenvalue weighted by atomic mass is 32.2. The van der Waals surface area contributed by atoms with Crippen LogP contribution in [0.5, 0.6) is 0 Å². The molecule has 0 spiro atoms. The van der Waals surface area contributed by atoms with Crippen molar-refractivity contribution >= 4 is 23.0 Å². The monoisotopic (exact) mass is 366 g/mol. The van der Waals surface area contributed by atoms with E-state index in [2.05, 4.69) is 45.5 Å². The van der Waals surface area contributed by atoms with Gasteiger partial charge in [0.1, 0.15) is 11.2 Å². The average molecular weight is 366 g/mol. The fourth-order valence-electron chi connectivity index (χ4n) is 3.37. The molecule has 1 N–H and O–H groups in total. The number of nitrogens with one attached hydrogen (secondary N) is 1. The number of hydrogen-bond acceptors (Lipinski definition) is 5. The molecule has 3 aromatic heterocycles. The molecule has 1 aliphatic rings. The fourth-order valence-corrected chi connectivity index (χ4v) is 4.55. The molecule has 4 rings (SSSR count). The van der Waals surface area contributed by atoms with Crippen LogP contribution in [0.3, 0.4) is 0 Å². The summed E-state index contributed by atoms with van der Waals surface area (Å²) in [7, 11) is 0. The first-order chi connectivity index (χ1) is 12.6. The number of pyridine rings is 1. The van der Waals surface area contributed by atoms with Gasteiger partial charge in [0, 0.05) is 48.4 Å². The van der Waals surface area contributed by atoms with E-state index in [0.717, 1.165) is 41.0 Å². The van der Waals surface area contributed by atoms with Crippen molar-refractivity contribution in [2.75, 3.05) is 18.8 Å². The van der Waals surface area contributed by atoms with E-state index in [1.54, 1.807) is 0 Å². The van der Waals surface area contributed by atoms with E-state index in [9.17, 15) is 5.26 Å². The van der Waals surface area contributed by atoms with Crippen LogP contribution in [0.15, 0.2) is 36.9 Å². The Morgan fingerprint density at radius 1 is 1.38 bits per heavy atom. The number of aromatic nitrogens is 4. The largest absolute Gasteiger partial charge is 0.346 e. The van der Waals surface area contributed by atoms with E-state index < -0.39 is 0 Å². The van der Waals surface area contributed by atoms with Crippen LogP contribution in [0.4, 0.5) is 0 Å². The quantitative estimate of drug-likeness (QED) is 0.674. The third-order valence-electron chi connectivity index (χ3n) is 4.78. The maximum Gasteiger partial charge on any atom is 0.137 e. The van der Waals surface area contributed by atoms with Gasteiger partial charge in [-0.1, -0.05) is 25.8 Å². The summed E-state index contributed by atoms with van der Waals surface area (Å²) in [4.78, 5) is 7.50. The van der Waals surface area contributed by atoms with Gasteiger partial charge in [0.2, 0.25) is 0 Å². The molecule has 6 nitrogen and oxygen atoms in total. The third-order valence-corrected chi connectivity index (χ3v) is 6.22. The van der Waals surface area contributed by atoms with Crippen molar-refractivity contribution in [3.63, 3.8) is 0 Å². The van der Waals surface area contributed by atoms with Crippen molar-refractivity contribution in [3.8, 4) is 17.2 Å². The van der Waals surface area contributed by atoms with Gasteiger partial charge in [0.15, 0.2) is 0 Å². The molecule has 0 radical (unpaired) electrons. The Labute approximate surface area is 157 Å². The molecule has 1 aliphatic heterocycles. The average Bonchev–Trinajstić information content (AvgIpc) is 3.25. The summed E-state index contributed by atoms with van der Waals surface area (Å²) in [5, 5.41) is 15.1. The van der Waals surface area contributed by atoms with Crippen LogP contribution >= 0.6 is 11.9 Å². The number of nitrogens with zero attached hydrogens (tertiary/aromatic N) is 5. The predicted molar refractivity (Wildman–Crippen MR) is 104 cm³/mol. The van der Waals surface area contributed by atoms with Crippen molar-refractivity contribution in [1.29, 1.82) is 5.26 Å². The number of nitriles is 1. The second kappa shape index (κ2) is 6.78. The summed E-state index contributed by atoms with van der Waals surface area (Å²) >= 11 is 1.87. The van der Waals surface area contributed by atoms with Crippen LogP contribution in [0.1, 0.15) is 20.3 Å². The van der Waals surface area contributed by atoms with E-state index >= 15 is 0 Å². The van der Waals surface area contributed by atoms with Gasteiger partial charge >= 0.3 is 0 Å². The molecule has 0 aliphatic carbocycles. The summed E-state index contributed by atoms with van der Waals surface area (Å²) in [6.07, 6.45) is 8.15. The second-order valence-electron chi connectivity index (χ2n) is 7.32. The molecular weight excluding hydrogens is 344 g/mol. The maximum atomic E-state index is 9.34. The lowest BCUT2D eigenvalue weighted by Crippen LogP contribution is -2.60. The Kier molecular flexibility index (Phi) is 4.47. The summed E-state index contributed by atoms with van der Waals surface area (Å²) < 4.78 is 4.34. The van der Waals surface area contributed by atoms with Gasteiger partial charge in [-0.3, -0.25) is 4.68 Å². The van der Waals surface area contributed by atoms with Crippen LogP contribution in [0.2, 0.25) is 0 Å². The first-order valence-corrected chi connectivity index (χ1v) is 9.78. The second-order valence-corrected chi connectivity index (χ2v) is 8.43. The van der Waals surface area contributed by atoms with E-state index in [1.165, 1.54) is 0 Å². The summed E-state index contributed by atoms with van der Waals surface area (Å²) in [5.74, 6) is 1.77. The molecule has 0 aromatic carbocycles. The minimum absolute atomic E-state index is 0.221.